The number of carbonyl (C=O) groups excluding carboxylic acids is 1. The lowest BCUT2D eigenvalue weighted by Crippen LogP contribution is -2.62. The number of benzene rings is 1. The summed E-state index contributed by atoms with van der Waals surface area (Å²) >= 11 is 0. The predicted molar refractivity (Wildman–Crippen MR) is 73.4 cm³/mol. The number of likely N-dealkylation sites (tertiary alicyclic amines) is 1. The molecule has 5 nitrogen and oxygen atoms in total. The molecule has 0 atom stereocenters. The molecule has 1 aromatic rings. The summed E-state index contributed by atoms with van der Waals surface area (Å²) < 4.78 is 18.3. The lowest BCUT2D eigenvalue weighted by molar-refractivity contribution is -0.140. The van der Waals surface area contributed by atoms with E-state index in [2.05, 4.69) is 6.58 Å². The van der Waals surface area contributed by atoms with Crippen molar-refractivity contribution in [3.63, 3.8) is 0 Å². The van der Waals surface area contributed by atoms with Crippen molar-refractivity contribution in [3.8, 4) is 0 Å². The van der Waals surface area contributed by atoms with Crippen LogP contribution in [0.25, 0.3) is 0 Å². The molecule has 0 aromatic heterocycles. The number of carboxylic acid groups (broad SMARTS) is 1. The molecule has 1 saturated heterocycles. The minimum Gasteiger partial charge on any atom is -0.481 e. The van der Waals surface area contributed by atoms with Crippen LogP contribution >= 0.6 is 0 Å². The molecule has 21 heavy (non-hydrogen) atoms. The Morgan fingerprint density at radius 2 is 2.19 bits per heavy atom. The molecule has 0 bridgehead atoms. The maximum absolute atomic E-state index is 13.4. The van der Waals surface area contributed by atoms with Crippen LogP contribution in [0.4, 0.5) is 9.18 Å². The van der Waals surface area contributed by atoms with Gasteiger partial charge < -0.3 is 14.7 Å². The van der Waals surface area contributed by atoms with Crippen LogP contribution < -0.4 is 0 Å². The largest absolute Gasteiger partial charge is 0.481 e. The number of halogens is 1. The quantitative estimate of drug-likeness (QED) is 0.845. The van der Waals surface area contributed by atoms with Gasteiger partial charge in [-0.3, -0.25) is 4.79 Å². The Balaban J connectivity index is 2.14. The van der Waals surface area contributed by atoms with Gasteiger partial charge in [-0.05, 0) is 17.7 Å². The van der Waals surface area contributed by atoms with Crippen molar-refractivity contribution in [2.45, 2.75) is 11.8 Å². The van der Waals surface area contributed by atoms with Crippen molar-refractivity contribution in [2.24, 2.45) is 0 Å². The maximum atomic E-state index is 13.4. The van der Waals surface area contributed by atoms with Crippen LogP contribution in [0.1, 0.15) is 12.0 Å². The third-order valence-corrected chi connectivity index (χ3v) is 3.50. The number of aliphatic carboxylic acids is 1. The van der Waals surface area contributed by atoms with E-state index >= 15 is 0 Å². The zero-order chi connectivity index (χ0) is 15.5. The molecule has 6 heteroatoms. The van der Waals surface area contributed by atoms with Gasteiger partial charge in [-0.25, -0.2) is 9.18 Å². The van der Waals surface area contributed by atoms with Gasteiger partial charge in [-0.1, -0.05) is 24.8 Å². The molecule has 1 N–H and O–H groups in total. The molecule has 1 aliphatic heterocycles. The van der Waals surface area contributed by atoms with E-state index in [4.69, 9.17) is 9.84 Å². The van der Waals surface area contributed by atoms with Crippen LogP contribution in [-0.4, -0.2) is 41.8 Å². The second kappa shape index (κ2) is 5.95. The molecular formula is C15H16FNO4. The first-order valence-electron chi connectivity index (χ1n) is 6.47. The van der Waals surface area contributed by atoms with Gasteiger partial charge in [0, 0.05) is 18.5 Å². The number of hydrogen-bond donors (Lipinski definition) is 1. The van der Waals surface area contributed by atoms with Gasteiger partial charge in [0.1, 0.15) is 12.4 Å². The van der Waals surface area contributed by atoms with Gasteiger partial charge in [0.2, 0.25) is 0 Å². The van der Waals surface area contributed by atoms with Crippen molar-refractivity contribution < 1.29 is 23.8 Å². The highest BCUT2D eigenvalue weighted by atomic mass is 19.1. The Kier molecular flexibility index (Phi) is 4.26. The molecule has 1 amide bonds. The van der Waals surface area contributed by atoms with E-state index in [1.807, 2.05) is 0 Å². The molecular weight excluding hydrogens is 277 g/mol. The highest BCUT2D eigenvalue weighted by Gasteiger charge is 2.48. The van der Waals surface area contributed by atoms with Gasteiger partial charge in [0.15, 0.2) is 0 Å². The van der Waals surface area contributed by atoms with Crippen LogP contribution in [0.2, 0.25) is 0 Å². The highest BCUT2D eigenvalue weighted by Crippen LogP contribution is 2.38. The molecule has 0 unspecified atom stereocenters. The number of ether oxygens (including phenoxy) is 1. The summed E-state index contributed by atoms with van der Waals surface area (Å²) in [5, 5.41) is 9.07. The van der Waals surface area contributed by atoms with E-state index in [1.54, 1.807) is 6.07 Å². The summed E-state index contributed by atoms with van der Waals surface area (Å²) in [7, 11) is 0. The molecule has 0 spiro atoms. The number of amides is 1. The smallest absolute Gasteiger partial charge is 0.410 e. The lowest BCUT2D eigenvalue weighted by Gasteiger charge is -2.49. The van der Waals surface area contributed by atoms with Crippen molar-refractivity contribution in [2.75, 3.05) is 19.7 Å². The van der Waals surface area contributed by atoms with E-state index in [9.17, 15) is 14.0 Å². The molecule has 0 aliphatic carbocycles. The average Bonchev–Trinajstić information content (AvgIpc) is 2.39. The van der Waals surface area contributed by atoms with Gasteiger partial charge >= 0.3 is 12.1 Å². The highest BCUT2D eigenvalue weighted by molar-refractivity contribution is 5.73. The van der Waals surface area contributed by atoms with Crippen molar-refractivity contribution in [1.29, 1.82) is 0 Å². The first-order valence-corrected chi connectivity index (χ1v) is 6.47. The summed E-state index contributed by atoms with van der Waals surface area (Å²) in [6.45, 7) is 3.93. The number of rotatable bonds is 5. The SMILES string of the molecule is C=CCOC(=O)N1CC(CC(=O)O)(c2cccc(F)c2)C1. The van der Waals surface area contributed by atoms with E-state index < -0.39 is 23.3 Å². The molecule has 1 heterocycles. The maximum Gasteiger partial charge on any atom is 0.410 e. The minimum atomic E-state index is -0.988. The Hall–Kier alpha value is -2.37. The fraction of sp³-hybridized carbons (Fsp3) is 0.333. The number of carbonyl (C=O) groups is 2. The predicted octanol–water partition coefficient (Wildman–Crippen LogP) is 2.18. The molecule has 1 aliphatic rings. The monoisotopic (exact) mass is 293 g/mol. The standard InChI is InChI=1S/C15H16FNO4/c1-2-6-21-14(20)17-9-15(10-17,8-13(18)19)11-4-3-5-12(16)7-11/h2-5,7H,1,6,8-10H2,(H,18,19). The van der Waals surface area contributed by atoms with E-state index in [0.29, 0.717) is 5.56 Å². The molecule has 1 aromatic carbocycles. The number of nitrogens with zero attached hydrogens (tertiary/aromatic N) is 1. The zero-order valence-corrected chi connectivity index (χ0v) is 11.4. The summed E-state index contributed by atoms with van der Waals surface area (Å²) in [5.41, 5.74) is -0.182. The third-order valence-electron chi connectivity index (χ3n) is 3.50. The van der Waals surface area contributed by atoms with E-state index in [0.717, 1.165) is 0 Å². The fourth-order valence-electron chi connectivity index (χ4n) is 2.54. The molecule has 0 radical (unpaired) electrons. The van der Waals surface area contributed by atoms with Crippen molar-refractivity contribution >= 4 is 12.1 Å². The van der Waals surface area contributed by atoms with Gasteiger partial charge in [0.25, 0.3) is 0 Å². The van der Waals surface area contributed by atoms with Crippen molar-refractivity contribution in [1.82, 2.24) is 4.90 Å². The lowest BCUT2D eigenvalue weighted by atomic mass is 9.71. The molecule has 0 saturated carbocycles. The normalized spacial score (nSPS) is 16.0. The Labute approximate surface area is 121 Å². The first kappa shape index (κ1) is 15.0. The Morgan fingerprint density at radius 3 is 2.76 bits per heavy atom. The molecule has 2 rings (SSSR count). The van der Waals surface area contributed by atoms with E-state index in [1.165, 1.54) is 29.2 Å². The average molecular weight is 293 g/mol. The zero-order valence-electron chi connectivity index (χ0n) is 11.4. The van der Waals surface area contributed by atoms with Crippen molar-refractivity contribution in [3.05, 3.63) is 48.3 Å². The van der Waals surface area contributed by atoms with Crippen LogP contribution in [0.15, 0.2) is 36.9 Å². The molecule has 112 valence electrons. The van der Waals surface area contributed by atoms with Crippen LogP contribution in [0, 0.1) is 5.82 Å². The summed E-state index contributed by atoms with van der Waals surface area (Å²) in [6, 6.07) is 5.83. The second-order valence-electron chi connectivity index (χ2n) is 5.08. The minimum absolute atomic E-state index is 0.0984. The second-order valence-corrected chi connectivity index (χ2v) is 5.08. The summed E-state index contributed by atoms with van der Waals surface area (Å²) in [6.07, 6.45) is 0.767. The van der Waals surface area contributed by atoms with Crippen LogP contribution in [0.3, 0.4) is 0 Å². The summed E-state index contributed by atoms with van der Waals surface area (Å²) in [5.74, 6) is -1.41. The fourth-order valence-corrected chi connectivity index (χ4v) is 2.54. The van der Waals surface area contributed by atoms with Gasteiger partial charge in [0.05, 0.1) is 6.42 Å². The van der Waals surface area contributed by atoms with E-state index in [-0.39, 0.29) is 26.1 Å². The number of hydrogen-bond acceptors (Lipinski definition) is 3. The first-order chi connectivity index (χ1) is 9.97. The Morgan fingerprint density at radius 1 is 1.48 bits per heavy atom. The van der Waals surface area contributed by atoms with Crippen LogP contribution in [-0.2, 0) is 14.9 Å². The summed E-state index contributed by atoms with van der Waals surface area (Å²) in [4.78, 5) is 24.2. The van der Waals surface area contributed by atoms with Gasteiger partial charge in [-0.15, -0.1) is 0 Å². The topological polar surface area (TPSA) is 66.8 Å². The molecule has 1 fully saturated rings. The number of carboxylic acids is 1. The Bertz CT molecular complexity index is 567. The van der Waals surface area contributed by atoms with Crippen LogP contribution in [0.5, 0.6) is 0 Å². The third kappa shape index (κ3) is 3.21. The van der Waals surface area contributed by atoms with Gasteiger partial charge in [-0.2, -0.15) is 0 Å².